The van der Waals surface area contributed by atoms with E-state index in [2.05, 4.69) is 37.4 Å². The fourth-order valence-electron chi connectivity index (χ4n) is 13.2. The van der Waals surface area contributed by atoms with Crippen molar-refractivity contribution in [2.24, 2.45) is 11.8 Å². The highest BCUT2D eigenvalue weighted by Crippen LogP contribution is 2.31. The molecule has 4 fully saturated rings. The van der Waals surface area contributed by atoms with Gasteiger partial charge in [-0.1, -0.05) is 176 Å². The molecular formula is C93H128ClN5O14S6. The van der Waals surface area contributed by atoms with Gasteiger partial charge in [0.2, 0.25) is 50.1 Å². The topological polar surface area (TPSA) is 244 Å². The van der Waals surface area contributed by atoms with Crippen LogP contribution in [0.15, 0.2) is 234 Å². The van der Waals surface area contributed by atoms with Crippen molar-refractivity contribution in [1.82, 2.24) is 21.9 Å². The normalized spacial score (nSPS) is 16.9. The lowest BCUT2D eigenvalue weighted by molar-refractivity contribution is 0.242. The number of methoxy groups -OCH3 is 1. The Hall–Kier alpha value is -7.50. The van der Waals surface area contributed by atoms with Crippen molar-refractivity contribution in [1.29, 1.82) is 0 Å². The van der Waals surface area contributed by atoms with E-state index >= 15 is 0 Å². The summed E-state index contributed by atoms with van der Waals surface area (Å²) in [5.74, 6) is 7.75. The molecule has 4 aliphatic rings. The Bertz CT molecular complexity index is 5310. The van der Waals surface area contributed by atoms with Crippen LogP contribution in [-0.2, 0) is 66.2 Å². The Morgan fingerprint density at radius 3 is 1.33 bits per heavy atom. The van der Waals surface area contributed by atoms with Gasteiger partial charge in [0.25, 0.3) is 0 Å². The molecule has 4 heterocycles. The van der Waals surface area contributed by atoms with Gasteiger partial charge in [0, 0.05) is 63.0 Å². The Kier molecular flexibility index (Phi) is 39.8. The van der Waals surface area contributed by atoms with E-state index in [4.69, 9.17) is 25.5 Å². The van der Waals surface area contributed by atoms with Gasteiger partial charge in [-0.2, -0.15) is 17.2 Å². The minimum Gasteiger partial charge on any atom is -0.495 e. The molecule has 1 aromatic heterocycles. The molecule has 3 atom stereocenters. The molecule has 1 saturated carbocycles. The standard InChI is InChI=1S/C14H21NO2S.C13H15NO3S.3C13H19NO2S.C10H14O.C9H12OS.C8H9ClO/c1-12-8-10-14(11-9-12)18(16,17)15(2)13-6-4-3-5-7-13;1-10-3-7-13(8-4-10)18(15,16)14-9-12-6-5-11(2)17-12;1-11-3-5-13(6-4-11)17(15,16)14-9-7-12(2)8-10-14;1-11-5-7-13(8-6-11)17(15,16)14-9-3-4-12(2)10-14;1-11-6-8-13(9-7-11)17(15,16)14-10-4-3-5-12(14)2;1-8(2)11-10-6-4-5-9(3)7-10;1-8-4-6-9(7-5-8)11(2,3)10;1-6-3-4-8(10-2)7(9)5-6/h8-11,13H,3-7H2,1-2H3;3-8,14H,9H2,1-2H3;3-6,12H,7-10H2,1-2H3;5-8,12H,3-4,9-10H2,1-2H3;6-9,12H,3-5,10H2,1-2H3;4-8H,1-3H3;4-7H,2H2,1,3H3;3-5H,1-2H3. The molecule has 26 heteroatoms. The van der Waals surface area contributed by atoms with Crippen LogP contribution in [0.4, 0.5) is 0 Å². The van der Waals surface area contributed by atoms with Crippen molar-refractivity contribution in [2.45, 2.75) is 228 Å². The second kappa shape index (κ2) is 47.2. The predicted molar refractivity (Wildman–Crippen MR) is 487 cm³/mol. The van der Waals surface area contributed by atoms with E-state index in [1.54, 1.807) is 123 Å². The third kappa shape index (κ3) is 32.7. The SMILES string of the molecule is C=S(C)(=O)c1ccc(C)cc1.COc1ccc(C)cc1Cl.Cc1ccc(S(=O)(=O)N(C)C2CCCCC2)cc1.Cc1ccc(S(=O)(=O)N2CCC(C)CC2)cc1.Cc1ccc(S(=O)(=O)N2CCCC(C)C2)cc1.Cc1ccc(S(=O)(=O)N2CCCCC2C)cc1.Cc1ccc(S(=O)(=O)NCc2ccc(C)o2)cc1.Cc1cccc(OC(C)C)c1. The van der Waals surface area contributed by atoms with Gasteiger partial charge in [-0.3, -0.25) is 4.21 Å². The third-order valence-electron chi connectivity index (χ3n) is 20.6. The van der Waals surface area contributed by atoms with Gasteiger partial charge in [0.05, 0.1) is 49.3 Å². The van der Waals surface area contributed by atoms with Crippen LogP contribution in [-0.4, -0.2) is 141 Å². The van der Waals surface area contributed by atoms with Crippen LogP contribution in [0, 0.1) is 74.1 Å². The van der Waals surface area contributed by atoms with E-state index in [1.165, 1.54) is 17.5 Å². The summed E-state index contributed by atoms with van der Waals surface area (Å²) in [6, 6.07) is 60.4. The average Bonchev–Trinajstić information content (AvgIpc) is 1.50. The zero-order chi connectivity index (χ0) is 88.1. The van der Waals surface area contributed by atoms with E-state index in [1.807, 2.05) is 185 Å². The first-order chi connectivity index (χ1) is 55.9. The minimum absolute atomic E-state index is 0.120. The number of ether oxygens (including phenoxy) is 2. The van der Waals surface area contributed by atoms with E-state index < -0.39 is 59.6 Å². The molecule has 3 saturated heterocycles. The molecule has 652 valence electrons. The van der Waals surface area contributed by atoms with Crippen LogP contribution in [0.5, 0.6) is 11.5 Å². The van der Waals surface area contributed by atoms with Gasteiger partial charge in [-0.05, 0) is 282 Å². The number of benzene rings is 8. The van der Waals surface area contributed by atoms with Crippen LogP contribution in [0.1, 0.15) is 168 Å². The first-order valence-corrected chi connectivity index (χ1v) is 50.5. The summed E-state index contributed by atoms with van der Waals surface area (Å²) in [5.41, 5.74) is 8.90. The van der Waals surface area contributed by atoms with Gasteiger partial charge in [-0.25, -0.2) is 46.8 Å². The van der Waals surface area contributed by atoms with Gasteiger partial charge in [-0.15, -0.1) is 0 Å². The summed E-state index contributed by atoms with van der Waals surface area (Å²) >= 11 is 5.80. The quantitative estimate of drug-likeness (QED) is 0.0834. The summed E-state index contributed by atoms with van der Waals surface area (Å²) in [6.07, 6.45) is 14.5. The van der Waals surface area contributed by atoms with Gasteiger partial charge < -0.3 is 13.9 Å². The number of piperidine rings is 3. The monoisotopic (exact) mass is 1770 g/mol. The molecular weight excluding hydrogens is 1640 g/mol. The molecule has 1 aliphatic carbocycles. The number of halogens is 1. The highest BCUT2D eigenvalue weighted by atomic mass is 35.5. The van der Waals surface area contributed by atoms with Crippen molar-refractivity contribution in [3.05, 3.63) is 261 Å². The zero-order valence-electron chi connectivity index (χ0n) is 72.7. The molecule has 8 aromatic carbocycles. The molecule has 0 amide bonds. The largest absolute Gasteiger partial charge is 0.495 e. The van der Waals surface area contributed by atoms with E-state index in [9.17, 15) is 46.3 Å². The molecule has 3 unspecified atom stereocenters. The Balaban J connectivity index is 0.000000213. The maximum absolute atomic E-state index is 12.5. The van der Waals surface area contributed by atoms with Gasteiger partial charge >= 0.3 is 0 Å². The molecule has 0 spiro atoms. The zero-order valence-corrected chi connectivity index (χ0v) is 78.4. The number of aryl methyl sites for hydroxylation is 9. The third-order valence-corrected chi connectivity index (χ3v) is 31.3. The summed E-state index contributed by atoms with van der Waals surface area (Å²) in [7, 11) is -15.3. The summed E-state index contributed by atoms with van der Waals surface area (Å²) in [5, 5.41) is 0.669. The summed E-state index contributed by atoms with van der Waals surface area (Å²) in [4.78, 5) is 2.73. The predicted octanol–water partition coefficient (Wildman–Crippen LogP) is 19.9. The highest BCUT2D eigenvalue weighted by molar-refractivity contribution is 7.99. The number of hydrogen-bond acceptors (Lipinski definition) is 14. The minimum atomic E-state index is -3.48. The summed E-state index contributed by atoms with van der Waals surface area (Å²) < 4.78 is 159. The van der Waals surface area contributed by atoms with Crippen molar-refractivity contribution in [3.63, 3.8) is 0 Å². The second-order valence-electron chi connectivity index (χ2n) is 31.8. The Morgan fingerprint density at radius 1 is 0.462 bits per heavy atom. The molecule has 0 radical (unpaired) electrons. The maximum Gasteiger partial charge on any atom is 0.243 e. The number of sulfonamides is 5. The number of nitrogens with zero attached hydrogens (tertiary/aromatic N) is 4. The lowest BCUT2D eigenvalue weighted by Crippen LogP contribution is -2.41. The molecule has 3 aliphatic heterocycles. The average molecular weight is 1770 g/mol. The van der Waals surface area contributed by atoms with Crippen LogP contribution in [0.25, 0.3) is 0 Å². The molecule has 19 nitrogen and oxygen atoms in total. The first-order valence-electron chi connectivity index (χ1n) is 40.7. The smallest absolute Gasteiger partial charge is 0.243 e. The number of rotatable bonds is 17. The van der Waals surface area contributed by atoms with E-state index in [-0.39, 0.29) is 29.6 Å². The van der Waals surface area contributed by atoms with E-state index in [0.29, 0.717) is 74.9 Å². The van der Waals surface area contributed by atoms with Gasteiger partial charge in [0.1, 0.15) is 23.0 Å². The van der Waals surface area contributed by atoms with Crippen molar-refractivity contribution >= 4 is 77.1 Å². The van der Waals surface area contributed by atoms with Gasteiger partial charge in [0.15, 0.2) is 0 Å². The molecule has 13 rings (SSSR count). The van der Waals surface area contributed by atoms with Crippen LogP contribution < -0.4 is 14.2 Å². The maximum atomic E-state index is 12.5. The van der Waals surface area contributed by atoms with Crippen molar-refractivity contribution in [3.8, 4) is 11.5 Å². The first kappa shape index (κ1) is 100. The fraction of sp³-hybridized carbons (Fsp3) is 0.430. The fourth-order valence-corrected chi connectivity index (χ4v) is 21.4. The molecule has 0 bridgehead atoms. The lowest BCUT2D eigenvalue weighted by Gasteiger charge is -2.32. The number of nitrogens with one attached hydrogen (secondary N) is 1. The molecule has 9 aromatic rings. The van der Waals surface area contributed by atoms with Crippen molar-refractivity contribution in [2.75, 3.05) is 53.1 Å². The molecule has 119 heavy (non-hydrogen) atoms. The Labute approximate surface area is 719 Å². The van der Waals surface area contributed by atoms with Crippen LogP contribution in [0.2, 0.25) is 5.02 Å². The van der Waals surface area contributed by atoms with Crippen LogP contribution in [0.3, 0.4) is 0 Å². The second-order valence-corrected chi connectivity index (χ2v) is 44.2. The molecule has 1 N–H and O–H groups in total. The summed E-state index contributed by atoms with van der Waals surface area (Å²) in [6.45, 7) is 31.4. The number of hydrogen-bond donors (Lipinski definition) is 1. The van der Waals surface area contributed by atoms with Crippen molar-refractivity contribution < 1.29 is 60.2 Å². The van der Waals surface area contributed by atoms with E-state index in [0.717, 1.165) is 126 Å². The number of furan rings is 1. The van der Waals surface area contributed by atoms with Crippen LogP contribution >= 0.6 is 11.6 Å². The lowest BCUT2D eigenvalue weighted by atomic mass is 9.96. The Morgan fingerprint density at radius 2 is 0.899 bits per heavy atom. The highest BCUT2D eigenvalue weighted by Gasteiger charge is 2.33.